The smallest absolute Gasteiger partial charge is 0.320 e. The molecule has 0 aromatic rings. The summed E-state index contributed by atoms with van der Waals surface area (Å²) in [6.45, 7) is 2.73. The molecule has 2 heterocycles. The number of rotatable bonds is 1. The van der Waals surface area contributed by atoms with Crippen LogP contribution in [-0.4, -0.2) is 53.1 Å². The van der Waals surface area contributed by atoms with Crippen molar-refractivity contribution in [3.63, 3.8) is 0 Å². The lowest BCUT2D eigenvalue weighted by Gasteiger charge is -2.42. The number of piperidine rings is 1. The molecule has 20 heavy (non-hydrogen) atoms. The molecule has 1 N–H and O–H groups in total. The van der Waals surface area contributed by atoms with Gasteiger partial charge in [-0.15, -0.1) is 0 Å². The Morgan fingerprint density at radius 3 is 2.20 bits per heavy atom. The van der Waals surface area contributed by atoms with Gasteiger partial charge in [0.25, 0.3) is 0 Å². The van der Waals surface area contributed by atoms with Crippen molar-refractivity contribution in [2.75, 3.05) is 26.2 Å². The van der Waals surface area contributed by atoms with Gasteiger partial charge in [-0.3, -0.25) is 4.79 Å². The van der Waals surface area contributed by atoms with E-state index >= 15 is 0 Å². The van der Waals surface area contributed by atoms with Crippen LogP contribution in [0.4, 0.5) is 4.79 Å². The van der Waals surface area contributed by atoms with E-state index < -0.39 is 5.97 Å². The van der Waals surface area contributed by atoms with Crippen molar-refractivity contribution in [2.24, 2.45) is 17.8 Å². The molecule has 2 amide bonds. The van der Waals surface area contributed by atoms with Crippen LogP contribution in [0.3, 0.4) is 0 Å². The highest BCUT2D eigenvalue weighted by Gasteiger charge is 2.37. The van der Waals surface area contributed by atoms with Crippen LogP contribution >= 0.6 is 0 Å². The summed E-state index contributed by atoms with van der Waals surface area (Å²) < 4.78 is 0. The number of hydrogen-bond acceptors (Lipinski definition) is 2. The molecule has 0 bridgehead atoms. The van der Waals surface area contributed by atoms with E-state index in [9.17, 15) is 9.59 Å². The lowest BCUT2D eigenvalue weighted by molar-refractivity contribution is -0.141. The van der Waals surface area contributed by atoms with Gasteiger partial charge >= 0.3 is 12.0 Å². The SMILES string of the molecule is O=C(O)C1CCN(C(=O)N2CCC3CCCCC3C2)C1. The lowest BCUT2D eigenvalue weighted by Crippen LogP contribution is -2.49. The highest BCUT2D eigenvalue weighted by molar-refractivity contribution is 5.77. The maximum atomic E-state index is 12.5. The molecule has 0 spiro atoms. The Labute approximate surface area is 119 Å². The van der Waals surface area contributed by atoms with Crippen LogP contribution in [0.2, 0.25) is 0 Å². The Morgan fingerprint density at radius 1 is 0.850 bits per heavy atom. The monoisotopic (exact) mass is 280 g/mol. The van der Waals surface area contributed by atoms with Gasteiger partial charge in [-0.25, -0.2) is 4.79 Å². The van der Waals surface area contributed by atoms with Crippen molar-refractivity contribution in [2.45, 2.75) is 38.5 Å². The number of amides is 2. The first-order chi connectivity index (χ1) is 9.65. The fourth-order valence-corrected chi connectivity index (χ4v) is 4.11. The second-order valence-corrected chi connectivity index (χ2v) is 6.59. The molecule has 3 unspecified atom stereocenters. The molecule has 2 aliphatic heterocycles. The Balaban J connectivity index is 1.57. The van der Waals surface area contributed by atoms with E-state index in [0.717, 1.165) is 25.4 Å². The number of fused-ring (bicyclic) bond motifs is 1. The van der Waals surface area contributed by atoms with Crippen LogP contribution < -0.4 is 0 Å². The third-order valence-corrected chi connectivity index (χ3v) is 5.37. The first-order valence-corrected chi connectivity index (χ1v) is 7.92. The Kier molecular flexibility index (Phi) is 3.85. The highest BCUT2D eigenvalue weighted by atomic mass is 16.4. The summed E-state index contributed by atoms with van der Waals surface area (Å²) in [6, 6.07) is 0.0674. The molecule has 1 saturated carbocycles. The molecule has 3 aliphatic rings. The number of nitrogens with zero attached hydrogens (tertiary/aromatic N) is 2. The number of aliphatic carboxylic acids is 1. The summed E-state index contributed by atoms with van der Waals surface area (Å²) in [5, 5.41) is 9.03. The van der Waals surface area contributed by atoms with Crippen molar-refractivity contribution >= 4 is 12.0 Å². The van der Waals surface area contributed by atoms with Gasteiger partial charge in [-0.2, -0.15) is 0 Å². The molecule has 5 nitrogen and oxygen atoms in total. The third-order valence-electron chi connectivity index (χ3n) is 5.37. The van der Waals surface area contributed by atoms with E-state index in [2.05, 4.69) is 0 Å². The molecule has 5 heteroatoms. The zero-order valence-corrected chi connectivity index (χ0v) is 12.0. The summed E-state index contributed by atoms with van der Waals surface area (Å²) in [4.78, 5) is 27.2. The van der Waals surface area contributed by atoms with Crippen LogP contribution in [0.1, 0.15) is 38.5 Å². The van der Waals surface area contributed by atoms with Gasteiger partial charge in [0.1, 0.15) is 0 Å². The van der Waals surface area contributed by atoms with Crippen molar-refractivity contribution in [1.29, 1.82) is 0 Å². The zero-order chi connectivity index (χ0) is 14.1. The summed E-state index contributed by atoms with van der Waals surface area (Å²) in [7, 11) is 0. The number of hydrogen-bond donors (Lipinski definition) is 1. The molecule has 0 aromatic heterocycles. The van der Waals surface area contributed by atoms with E-state index in [1.807, 2.05) is 4.90 Å². The maximum Gasteiger partial charge on any atom is 0.320 e. The molecule has 3 fully saturated rings. The highest BCUT2D eigenvalue weighted by Crippen LogP contribution is 2.36. The first-order valence-electron chi connectivity index (χ1n) is 7.92. The molecule has 2 saturated heterocycles. The topological polar surface area (TPSA) is 60.9 Å². The average Bonchev–Trinajstić information content (AvgIpc) is 2.96. The zero-order valence-electron chi connectivity index (χ0n) is 12.0. The standard InChI is InChI=1S/C15H24N2O3/c18-14(19)13-6-8-17(10-13)15(20)16-7-5-11-3-1-2-4-12(11)9-16/h11-13H,1-10H2,(H,18,19). The molecule has 3 atom stereocenters. The van der Waals surface area contributed by atoms with Crippen LogP contribution in [0.25, 0.3) is 0 Å². The van der Waals surface area contributed by atoms with E-state index in [-0.39, 0.29) is 11.9 Å². The van der Waals surface area contributed by atoms with Crippen LogP contribution in [0.5, 0.6) is 0 Å². The maximum absolute atomic E-state index is 12.5. The fourth-order valence-electron chi connectivity index (χ4n) is 4.11. The van der Waals surface area contributed by atoms with Gasteiger partial charge in [0.05, 0.1) is 5.92 Å². The number of carbonyl (C=O) groups is 2. The van der Waals surface area contributed by atoms with Crippen LogP contribution in [0.15, 0.2) is 0 Å². The van der Waals surface area contributed by atoms with Gasteiger partial charge in [-0.05, 0) is 31.1 Å². The number of likely N-dealkylation sites (tertiary alicyclic amines) is 2. The fraction of sp³-hybridized carbons (Fsp3) is 0.867. The minimum absolute atomic E-state index is 0.0674. The van der Waals surface area contributed by atoms with Crippen molar-refractivity contribution in [3.05, 3.63) is 0 Å². The number of carboxylic acid groups (broad SMARTS) is 1. The molecule has 0 aromatic carbocycles. The lowest BCUT2D eigenvalue weighted by atomic mass is 9.75. The molecule has 112 valence electrons. The van der Waals surface area contributed by atoms with Crippen molar-refractivity contribution in [1.82, 2.24) is 9.80 Å². The average molecular weight is 280 g/mol. The molecule has 0 radical (unpaired) electrons. The van der Waals surface area contributed by atoms with E-state index in [4.69, 9.17) is 5.11 Å². The Bertz CT molecular complexity index is 399. The van der Waals surface area contributed by atoms with Gasteiger partial charge in [0, 0.05) is 26.2 Å². The molecular weight excluding hydrogens is 256 g/mol. The Hall–Kier alpha value is -1.26. The molecule has 1 aliphatic carbocycles. The minimum Gasteiger partial charge on any atom is -0.481 e. The van der Waals surface area contributed by atoms with E-state index in [0.29, 0.717) is 25.4 Å². The Morgan fingerprint density at radius 2 is 1.50 bits per heavy atom. The summed E-state index contributed by atoms with van der Waals surface area (Å²) in [5.74, 6) is 0.356. The normalized spacial score (nSPS) is 33.9. The van der Waals surface area contributed by atoms with Crippen molar-refractivity contribution in [3.8, 4) is 0 Å². The van der Waals surface area contributed by atoms with Gasteiger partial charge in [0.15, 0.2) is 0 Å². The predicted octanol–water partition coefficient (Wildman–Crippen LogP) is 2.03. The third kappa shape index (κ3) is 2.63. The van der Waals surface area contributed by atoms with Crippen LogP contribution in [0, 0.1) is 17.8 Å². The van der Waals surface area contributed by atoms with Gasteiger partial charge in [-0.1, -0.05) is 19.3 Å². The van der Waals surface area contributed by atoms with Crippen molar-refractivity contribution < 1.29 is 14.7 Å². The predicted molar refractivity (Wildman–Crippen MR) is 74.3 cm³/mol. The largest absolute Gasteiger partial charge is 0.481 e. The number of urea groups is 1. The number of carbonyl (C=O) groups excluding carboxylic acids is 1. The molecule has 3 rings (SSSR count). The summed E-state index contributed by atoms with van der Waals surface area (Å²) in [6.07, 6.45) is 6.97. The summed E-state index contributed by atoms with van der Waals surface area (Å²) in [5.41, 5.74) is 0. The molecular formula is C15H24N2O3. The first kappa shape index (κ1) is 13.7. The second-order valence-electron chi connectivity index (χ2n) is 6.59. The van der Waals surface area contributed by atoms with E-state index in [1.54, 1.807) is 4.90 Å². The second kappa shape index (κ2) is 5.62. The van der Waals surface area contributed by atoms with Gasteiger partial charge in [0.2, 0.25) is 0 Å². The summed E-state index contributed by atoms with van der Waals surface area (Å²) >= 11 is 0. The van der Waals surface area contributed by atoms with E-state index in [1.165, 1.54) is 25.7 Å². The van der Waals surface area contributed by atoms with Crippen LogP contribution in [-0.2, 0) is 4.79 Å². The van der Waals surface area contributed by atoms with Gasteiger partial charge < -0.3 is 14.9 Å². The minimum atomic E-state index is -0.772. The quantitative estimate of drug-likeness (QED) is 0.799. The number of carboxylic acids is 1.